The maximum absolute atomic E-state index is 12.3. The van der Waals surface area contributed by atoms with Gasteiger partial charge < -0.3 is 20.0 Å². The van der Waals surface area contributed by atoms with Crippen molar-refractivity contribution in [3.8, 4) is 0 Å². The predicted octanol–water partition coefficient (Wildman–Crippen LogP) is -0.0206. The Kier molecular flexibility index (Phi) is 4.36. The van der Waals surface area contributed by atoms with E-state index < -0.39 is 12.1 Å². The molecule has 1 amide bonds. The highest BCUT2D eigenvalue weighted by Crippen LogP contribution is 2.27. The number of carbonyl (C=O) groups excluding carboxylic acids is 1. The van der Waals surface area contributed by atoms with Crippen molar-refractivity contribution >= 4 is 17.6 Å². The van der Waals surface area contributed by atoms with E-state index in [4.69, 9.17) is 15.1 Å². The quantitative estimate of drug-likeness (QED) is 0.706. The van der Waals surface area contributed by atoms with Crippen molar-refractivity contribution in [2.45, 2.75) is 44.2 Å². The third-order valence-electron chi connectivity index (χ3n) is 3.55. The number of aliphatic hydroxyl groups excluding tert-OH is 1. The maximum Gasteiger partial charge on any atom is 0.353 e. The molecule has 2 rings (SSSR count). The fourth-order valence-corrected chi connectivity index (χ4v) is 2.23. The van der Waals surface area contributed by atoms with Crippen molar-refractivity contribution in [3.05, 3.63) is 0 Å². The number of aliphatic hydroxyl groups is 1. The van der Waals surface area contributed by atoms with E-state index >= 15 is 0 Å². The summed E-state index contributed by atoms with van der Waals surface area (Å²) in [7, 11) is 0. The highest BCUT2D eigenvalue weighted by atomic mass is 16.6. The zero-order valence-corrected chi connectivity index (χ0v) is 10.6. The molecular weight excluding hydrogens is 252 g/mol. The monoisotopic (exact) mass is 270 g/mol. The van der Waals surface area contributed by atoms with Gasteiger partial charge in [-0.25, -0.2) is 4.79 Å². The standard InChI is InChI=1S/C12H18N2O5/c15-6-2-5-14(8-3-1-4-8)11(16)10-7-9(12(17)18)13-19-10/h8,10,15H,1-7H2,(H,17,18). The van der Waals surface area contributed by atoms with Gasteiger partial charge in [0.25, 0.3) is 5.91 Å². The van der Waals surface area contributed by atoms with Crippen LogP contribution in [0.1, 0.15) is 32.1 Å². The number of hydrogen-bond acceptors (Lipinski definition) is 5. The first-order valence-electron chi connectivity index (χ1n) is 6.50. The summed E-state index contributed by atoms with van der Waals surface area (Å²) in [6.45, 7) is 0.501. The number of carboxylic acids is 1. The molecule has 0 bridgehead atoms. The van der Waals surface area contributed by atoms with E-state index in [0.29, 0.717) is 13.0 Å². The van der Waals surface area contributed by atoms with E-state index in [0.717, 1.165) is 19.3 Å². The van der Waals surface area contributed by atoms with Crippen LogP contribution in [0.4, 0.5) is 0 Å². The lowest BCUT2D eigenvalue weighted by atomic mass is 9.90. The lowest BCUT2D eigenvalue weighted by Gasteiger charge is -2.38. The molecule has 1 atom stereocenters. The number of rotatable bonds is 6. The predicted molar refractivity (Wildman–Crippen MR) is 65.6 cm³/mol. The van der Waals surface area contributed by atoms with E-state index in [2.05, 4.69) is 5.16 Å². The fraction of sp³-hybridized carbons (Fsp3) is 0.750. The molecule has 7 nitrogen and oxygen atoms in total. The molecule has 1 aliphatic carbocycles. The Morgan fingerprint density at radius 3 is 2.63 bits per heavy atom. The molecule has 0 aromatic carbocycles. The van der Waals surface area contributed by atoms with Crippen LogP contribution in [0.15, 0.2) is 5.16 Å². The molecule has 0 aromatic rings. The van der Waals surface area contributed by atoms with Crippen molar-refractivity contribution < 1.29 is 24.6 Å². The Morgan fingerprint density at radius 2 is 2.16 bits per heavy atom. The SMILES string of the molecule is O=C(O)C1=NOC(C(=O)N(CCCO)C2CCC2)C1. The van der Waals surface area contributed by atoms with Crippen LogP contribution in [-0.2, 0) is 14.4 Å². The minimum Gasteiger partial charge on any atom is -0.477 e. The van der Waals surface area contributed by atoms with Crippen molar-refractivity contribution in [1.82, 2.24) is 4.90 Å². The third kappa shape index (κ3) is 3.04. The Hall–Kier alpha value is -1.63. The third-order valence-corrected chi connectivity index (χ3v) is 3.55. The first kappa shape index (κ1) is 13.8. The number of aliphatic carboxylic acids is 1. The van der Waals surface area contributed by atoms with Gasteiger partial charge in [0.15, 0.2) is 5.71 Å². The zero-order chi connectivity index (χ0) is 13.8. The Morgan fingerprint density at radius 1 is 1.42 bits per heavy atom. The molecule has 2 aliphatic rings. The van der Waals surface area contributed by atoms with Crippen molar-refractivity contribution in [1.29, 1.82) is 0 Å². The summed E-state index contributed by atoms with van der Waals surface area (Å²) in [5.74, 6) is -1.38. The smallest absolute Gasteiger partial charge is 0.353 e. The summed E-state index contributed by atoms with van der Waals surface area (Å²) >= 11 is 0. The van der Waals surface area contributed by atoms with Crippen LogP contribution in [-0.4, -0.2) is 58.0 Å². The minimum absolute atomic E-state index is 0.0104. The largest absolute Gasteiger partial charge is 0.477 e. The number of oxime groups is 1. The molecule has 1 fully saturated rings. The Balaban J connectivity index is 1.94. The average Bonchev–Trinajstić information content (AvgIpc) is 2.80. The number of carbonyl (C=O) groups is 2. The molecular formula is C12H18N2O5. The van der Waals surface area contributed by atoms with Gasteiger partial charge in [0, 0.05) is 25.6 Å². The molecule has 1 saturated carbocycles. The van der Waals surface area contributed by atoms with Gasteiger partial charge in [-0.05, 0) is 25.7 Å². The van der Waals surface area contributed by atoms with Gasteiger partial charge >= 0.3 is 5.97 Å². The molecule has 0 saturated heterocycles. The van der Waals surface area contributed by atoms with Crippen LogP contribution in [0.3, 0.4) is 0 Å². The molecule has 2 N–H and O–H groups in total. The summed E-state index contributed by atoms with van der Waals surface area (Å²) in [4.78, 5) is 29.7. The number of hydrogen-bond donors (Lipinski definition) is 2. The van der Waals surface area contributed by atoms with Gasteiger partial charge in [0.05, 0.1) is 0 Å². The number of amides is 1. The van der Waals surface area contributed by atoms with Crippen LogP contribution < -0.4 is 0 Å². The Bertz CT molecular complexity index is 392. The summed E-state index contributed by atoms with van der Waals surface area (Å²) < 4.78 is 0. The summed E-state index contributed by atoms with van der Waals surface area (Å²) in [5, 5.41) is 21.1. The highest BCUT2D eigenvalue weighted by molar-refractivity contribution is 6.36. The minimum atomic E-state index is -1.15. The van der Waals surface area contributed by atoms with Crippen LogP contribution >= 0.6 is 0 Å². The van der Waals surface area contributed by atoms with E-state index in [9.17, 15) is 9.59 Å². The second kappa shape index (κ2) is 6.01. The van der Waals surface area contributed by atoms with Crippen molar-refractivity contribution in [2.75, 3.05) is 13.2 Å². The van der Waals surface area contributed by atoms with E-state index in [1.807, 2.05) is 0 Å². The summed E-state index contributed by atoms with van der Waals surface area (Å²) in [5.41, 5.74) is -0.117. The van der Waals surface area contributed by atoms with Gasteiger partial charge in [-0.3, -0.25) is 4.79 Å². The number of nitrogens with zero attached hydrogens (tertiary/aromatic N) is 2. The lowest BCUT2D eigenvalue weighted by Crippen LogP contribution is -2.49. The molecule has 106 valence electrons. The van der Waals surface area contributed by atoms with Gasteiger partial charge in [0.1, 0.15) is 0 Å². The van der Waals surface area contributed by atoms with E-state index in [1.165, 1.54) is 0 Å². The van der Waals surface area contributed by atoms with E-state index in [1.54, 1.807) is 4.90 Å². The second-order valence-corrected chi connectivity index (χ2v) is 4.83. The second-order valence-electron chi connectivity index (χ2n) is 4.83. The molecule has 7 heteroatoms. The van der Waals surface area contributed by atoms with Crippen molar-refractivity contribution in [2.24, 2.45) is 5.16 Å². The van der Waals surface area contributed by atoms with Crippen LogP contribution in [0, 0.1) is 0 Å². The summed E-state index contributed by atoms with van der Waals surface area (Å²) in [6.07, 6.45) is 2.70. The average molecular weight is 270 g/mol. The van der Waals surface area contributed by atoms with Gasteiger partial charge in [-0.15, -0.1) is 0 Å². The molecule has 0 aromatic heterocycles. The van der Waals surface area contributed by atoms with Crippen LogP contribution in [0.25, 0.3) is 0 Å². The maximum atomic E-state index is 12.3. The molecule has 1 unspecified atom stereocenters. The topological polar surface area (TPSA) is 99.4 Å². The van der Waals surface area contributed by atoms with E-state index in [-0.39, 0.29) is 30.7 Å². The van der Waals surface area contributed by atoms with Gasteiger partial charge in [-0.1, -0.05) is 5.16 Å². The molecule has 19 heavy (non-hydrogen) atoms. The summed E-state index contributed by atoms with van der Waals surface area (Å²) in [6, 6.07) is 0.191. The van der Waals surface area contributed by atoms with Crippen molar-refractivity contribution in [3.63, 3.8) is 0 Å². The molecule has 0 spiro atoms. The first-order chi connectivity index (χ1) is 9.13. The fourth-order valence-electron chi connectivity index (χ4n) is 2.23. The molecule has 1 aliphatic heterocycles. The molecule has 1 heterocycles. The van der Waals surface area contributed by atoms with Gasteiger partial charge in [0.2, 0.25) is 6.10 Å². The zero-order valence-electron chi connectivity index (χ0n) is 10.6. The normalized spacial score (nSPS) is 22.4. The van der Waals surface area contributed by atoms with Gasteiger partial charge in [-0.2, -0.15) is 0 Å². The Labute approximate surface area is 110 Å². The molecule has 0 radical (unpaired) electrons. The van der Waals surface area contributed by atoms with Crippen LogP contribution in [0.2, 0.25) is 0 Å². The number of carboxylic acid groups (broad SMARTS) is 1. The first-order valence-corrected chi connectivity index (χ1v) is 6.50. The highest BCUT2D eigenvalue weighted by Gasteiger charge is 2.38. The lowest BCUT2D eigenvalue weighted by molar-refractivity contribution is -0.146. The van der Waals surface area contributed by atoms with Crippen LogP contribution in [0.5, 0.6) is 0 Å².